The van der Waals surface area contributed by atoms with Crippen molar-refractivity contribution < 1.29 is 9.59 Å². The summed E-state index contributed by atoms with van der Waals surface area (Å²) in [6.45, 7) is 2.10. The average molecular weight is 412 g/mol. The molecule has 3 aromatic rings. The number of nitrogens with zero attached hydrogens (tertiary/aromatic N) is 5. The van der Waals surface area contributed by atoms with Gasteiger partial charge in [-0.2, -0.15) is 0 Å². The molecule has 1 aromatic carbocycles. The van der Waals surface area contributed by atoms with Gasteiger partial charge < -0.3 is 10.2 Å². The molecule has 1 fully saturated rings. The number of carbonyl (C=O) groups is 2. The van der Waals surface area contributed by atoms with Crippen molar-refractivity contribution in [3.8, 4) is 0 Å². The zero-order valence-corrected chi connectivity index (χ0v) is 17.7. The van der Waals surface area contributed by atoms with Gasteiger partial charge in [0.2, 0.25) is 17.6 Å². The summed E-state index contributed by atoms with van der Waals surface area (Å²) in [5.74, 6) is 0.503. The van der Waals surface area contributed by atoms with Gasteiger partial charge in [0.15, 0.2) is 0 Å². The Kier molecular flexibility index (Phi) is 5.36. The topological polar surface area (TPSA) is 93.6 Å². The molecule has 9 nitrogen and oxygen atoms in total. The van der Waals surface area contributed by atoms with Gasteiger partial charge in [0.05, 0.1) is 11.0 Å². The number of hydrogen-bond donors (Lipinski definition) is 1. The Hall–Kier alpha value is -3.10. The van der Waals surface area contributed by atoms with Crippen LogP contribution >= 0.6 is 0 Å². The number of hydrogen-bond acceptors (Lipinski definition) is 4. The summed E-state index contributed by atoms with van der Waals surface area (Å²) in [6.07, 6.45) is 4.46. The highest BCUT2D eigenvalue weighted by atomic mass is 16.2. The fraction of sp³-hybridized carbons (Fsp3) is 0.524. The van der Waals surface area contributed by atoms with Gasteiger partial charge in [-0.3, -0.25) is 14.2 Å². The lowest BCUT2D eigenvalue weighted by Gasteiger charge is -2.29. The Morgan fingerprint density at radius 3 is 2.53 bits per heavy atom. The van der Waals surface area contributed by atoms with Crippen LogP contribution in [0.5, 0.6) is 0 Å². The summed E-state index contributed by atoms with van der Waals surface area (Å²) in [7, 11) is 3.27. The van der Waals surface area contributed by atoms with Crippen LogP contribution in [0.3, 0.4) is 0 Å². The first-order chi connectivity index (χ1) is 14.4. The predicted molar refractivity (Wildman–Crippen MR) is 113 cm³/mol. The van der Waals surface area contributed by atoms with Crippen LogP contribution in [0, 0.1) is 5.92 Å². The highest BCUT2D eigenvalue weighted by Crippen LogP contribution is 2.24. The number of rotatable bonds is 5. The monoisotopic (exact) mass is 412 g/mol. The largest absolute Gasteiger partial charge is 0.352 e. The Bertz CT molecular complexity index is 1150. The zero-order valence-electron chi connectivity index (χ0n) is 17.7. The maximum atomic E-state index is 12.9. The van der Waals surface area contributed by atoms with Crippen LogP contribution in [-0.2, 0) is 22.7 Å². The summed E-state index contributed by atoms with van der Waals surface area (Å²) in [6, 6.07) is 7.58. The van der Waals surface area contributed by atoms with Crippen LogP contribution in [0.15, 0.2) is 29.1 Å². The fourth-order valence-corrected chi connectivity index (χ4v) is 4.23. The highest BCUT2D eigenvalue weighted by Gasteiger charge is 2.25. The van der Waals surface area contributed by atoms with Crippen LogP contribution < -0.4 is 11.0 Å². The van der Waals surface area contributed by atoms with E-state index in [4.69, 9.17) is 0 Å². The van der Waals surface area contributed by atoms with E-state index < -0.39 is 5.69 Å². The van der Waals surface area contributed by atoms with Gasteiger partial charge in [-0.15, -0.1) is 5.10 Å². The van der Waals surface area contributed by atoms with Crippen LogP contribution in [0.25, 0.3) is 16.8 Å². The number of para-hydroxylation sites is 2. The molecule has 1 saturated carbocycles. The number of imidazole rings is 1. The Balaban J connectivity index is 1.70. The van der Waals surface area contributed by atoms with Crippen LogP contribution in [0.2, 0.25) is 0 Å². The molecule has 0 radical (unpaired) electrons. The highest BCUT2D eigenvalue weighted by molar-refractivity contribution is 5.84. The number of amides is 2. The molecule has 2 unspecified atom stereocenters. The van der Waals surface area contributed by atoms with E-state index in [1.165, 1.54) is 15.7 Å². The smallest absolute Gasteiger partial charge is 0.352 e. The maximum Gasteiger partial charge on any atom is 0.352 e. The molecular formula is C21H28N6O3. The van der Waals surface area contributed by atoms with Crippen molar-refractivity contribution in [3.05, 3.63) is 34.7 Å². The van der Waals surface area contributed by atoms with E-state index in [1.54, 1.807) is 18.7 Å². The lowest BCUT2D eigenvalue weighted by atomic mass is 9.86. The maximum absolute atomic E-state index is 12.9. The van der Waals surface area contributed by atoms with Gasteiger partial charge in [-0.25, -0.2) is 13.9 Å². The number of nitrogens with one attached hydrogen (secondary N) is 1. The standard InChI is InChI=1S/C21H28N6O3/c1-14-8-4-5-9-15(14)22-18(28)12-25-16-10-6-7-11-17(16)27-20(25)23-26(21(27)30)13-19(29)24(2)3/h6-7,10-11,14-15H,4-5,8-9,12-13H2,1-3H3,(H,22,28). The van der Waals surface area contributed by atoms with E-state index in [2.05, 4.69) is 17.3 Å². The number of fused-ring (bicyclic) bond motifs is 3. The number of benzene rings is 1. The molecule has 0 spiro atoms. The molecule has 0 saturated heterocycles. The molecule has 2 atom stereocenters. The minimum absolute atomic E-state index is 0.0678. The van der Waals surface area contributed by atoms with E-state index in [0.29, 0.717) is 17.2 Å². The third-order valence-corrected chi connectivity index (χ3v) is 6.02. The molecule has 2 amide bonds. The quantitative estimate of drug-likeness (QED) is 0.682. The second-order valence-electron chi connectivity index (χ2n) is 8.37. The first kappa shape index (κ1) is 20.2. The lowest BCUT2D eigenvalue weighted by molar-refractivity contribution is -0.129. The molecule has 0 bridgehead atoms. The molecule has 4 rings (SSSR count). The predicted octanol–water partition coefficient (Wildman–Crippen LogP) is 1.23. The molecule has 160 valence electrons. The van der Waals surface area contributed by atoms with Crippen LogP contribution in [0.1, 0.15) is 32.6 Å². The van der Waals surface area contributed by atoms with E-state index in [-0.39, 0.29) is 30.9 Å². The van der Waals surface area contributed by atoms with Gasteiger partial charge in [0.1, 0.15) is 13.1 Å². The summed E-state index contributed by atoms with van der Waals surface area (Å²) in [4.78, 5) is 39.3. The summed E-state index contributed by atoms with van der Waals surface area (Å²) in [5, 5.41) is 7.55. The zero-order chi connectivity index (χ0) is 21.4. The minimum Gasteiger partial charge on any atom is -0.352 e. The normalized spacial score (nSPS) is 19.3. The van der Waals surface area contributed by atoms with Gasteiger partial charge in [-0.1, -0.05) is 31.9 Å². The van der Waals surface area contributed by atoms with E-state index >= 15 is 0 Å². The second-order valence-corrected chi connectivity index (χ2v) is 8.37. The van der Waals surface area contributed by atoms with Crippen molar-refractivity contribution >= 4 is 28.6 Å². The molecule has 1 aliphatic rings. The fourth-order valence-electron chi connectivity index (χ4n) is 4.23. The summed E-state index contributed by atoms with van der Waals surface area (Å²) >= 11 is 0. The third kappa shape index (κ3) is 3.59. The second kappa shape index (κ2) is 7.97. The van der Waals surface area contributed by atoms with Crippen LogP contribution in [-0.4, -0.2) is 55.6 Å². The van der Waals surface area contributed by atoms with Crippen molar-refractivity contribution in [3.63, 3.8) is 0 Å². The minimum atomic E-state index is -0.392. The molecule has 9 heteroatoms. The van der Waals surface area contributed by atoms with Gasteiger partial charge in [0, 0.05) is 20.1 Å². The third-order valence-electron chi connectivity index (χ3n) is 6.02. The van der Waals surface area contributed by atoms with E-state index in [0.717, 1.165) is 29.5 Å². The van der Waals surface area contributed by atoms with Gasteiger partial charge in [0.25, 0.3) is 0 Å². The molecule has 2 aromatic heterocycles. The number of aromatic nitrogens is 4. The molecule has 1 N–H and O–H groups in total. The lowest BCUT2D eigenvalue weighted by Crippen LogP contribution is -2.42. The molecule has 2 heterocycles. The van der Waals surface area contributed by atoms with Crippen molar-refractivity contribution in [2.45, 2.75) is 51.7 Å². The van der Waals surface area contributed by atoms with E-state index in [9.17, 15) is 14.4 Å². The first-order valence-electron chi connectivity index (χ1n) is 10.4. The first-order valence-corrected chi connectivity index (χ1v) is 10.4. The van der Waals surface area contributed by atoms with E-state index in [1.807, 2.05) is 24.3 Å². The van der Waals surface area contributed by atoms with Crippen molar-refractivity contribution in [1.82, 2.24) is 29.0 Å². The molecular weight excluding hydrogens is 384 g/mol. The Labute approximate surface area is 174 Å². The summed E-state index contributed by atoms with van der Waals surface area (Å²) in [5.41, 5.74) is 1.03. The SMILES string of the molecule is CC1CCCCC1NC(=O)Cn1c2ccccc2n2c(=O)n(CC(=O)N(C)C)nc12. The Morgan fingerprint density at radius 2 is 1.83 bits per heavy atom. The van der Waals surface area contributed by atoms with Gasteiger partial charge >= 0.3 is 5.69 Å². The van der Waals surface area contributed by atoms with Crippen molar-refractivity contribution in [1.29, 1.82) is 0 Å². The van der Waals surface area contributed by atoms with Gasteiger partial charge in [-0.05, 0) is 30.9 Å². The molecule has 0 aliphatic heterocycles. The summed E-state index contributed by atoms with van der Waals surface area (Å²) < 4.78 is 4.37. The number of likely N-dealkylation sites (N-methyl/N-ethyl adjacent to an activating group) is 1. The molecule has 1 aliphatic carbocycles. The Morgan fingerprint density at radius 1 is 1.13 bits per heavy atom. The number of carbonyl (C=O) groups excluding carboxylic acids is 2. The van der Waals surface area contributed by atoms with Crippen molar-refractivity contribution in [2.75, 3.05) is 14.1 Å². The average Bonchev–Trinajstić information content (AvgIpc) is 3.19. The van der Waals surface area contributed by atoms with Crippen molar-refractivity contribution in [2.24, 2.45) is 5.92 Å². The molecule has 30 heavy (non-hydrogen) atoms. The van der Waals surface area contributed by atoms with Crippen LogP contribution in [0.4, 0.5) is 0 Å².